The molecule has 0 aliphatic rings. The highest BCUT2D eigenvalue weighted by Gasteiger charge is 2.10. The topological polar surface area (TPSA) is 21.3 Å². The molecule has 1 unspecified atom stereocenters. The smallest absolute Gasteiger partial charge is 0.125 e. The van der Waals surface area contributed by atoms with Gasteiger partial charge >= 0.3 is 0 Å². The second-order valence-electron chi connectivity index (χ2n) is 5.08. The summed E-state index contributed by atoms with van der Waals surface area (Å²) >= 11 is 0. The van der Waals surface area contributed by atoms with Crippen LogP contribution in [-0.4, -0.2) is 19.2 Å². The summed E-state index contributed by atoms with van der Waals surface area (Å²) in [6.45, 7) is 12.5. The Hall–Kier alpha value is -1.02. The van der Waals surface area contributed by atoms with E-state index >= 15 is 0 Å². The minimum atomic E-state index is 0.458. The van der Waals surface area contributed by atoms with Gasteiger partial charge in [-0.15, -0.1) is 0 Å². The van der Waals surface area contributed by atoms with Gasteiger partial charge in [0.1, 0.15) is 12.4 Å². The van der Waals surface area contributed by atoms with Gasteiger partial charge < -0.3 is 10.1 Å². The fourth-order valence-electron chi connectivity index (χ4n) is 2.46. The number of ether oxygens (including phenoxy) is 1. The SMILES string of the molecule is CCCC(COc1c(C)cc(C)cc1C)NCC. The number of hydrogen-bond acceptors (Lipinski definition) is 2. The lowest BCUT2D eigenvalue weighted by Gasteiger charge is -2.20. The summed E-state index contributed by atoms with van der Waals surface area (Å²) in [5.74, 6) is 1.06. The van der Waals surface area contributed by atoms with Crippen molar-refractivity contribution in [2.24, 2.45) is 0 Å². The molecule has 0 heterocycles. The second-order valence-corrected chi connectivity index (χ2v) is 5.08. The molecule has 0 radical (unpaired) electrons. The van der Waals surface area contributed by atoms with Gasteiger partial charge in [-0.05, 0) is 44.9 Å². The van der Waals surface area contributed by atoms with Gasteiger partial charge in [0.05, 0.1) is 0 Å². The molecular weight excluding hydrogens is 222 g/mol. The minimum Gasteiger partial charge on any atom is -0.491 e. The highest BCUT2D eigenvalue weighted by molar-refractivity contribution is 5.42. The molecule has 0 amide bonds. The van der Waals surface area contributed by atoms with Crippen molar-refractivity contribution in [1.29, 1.82) is 0 Å². The molecule has 0 saturated heterocycles. The van der Waals surface area contributed by atoms with Gasteiger partial charge in [0, 0.05) is 6.04 Å². The Bertz CT molecular complexity index is 344. The highest BCUT2D eigenvalue weighted by Crippen LogP contribution is 2.24. The summed E-state index contributed by atoms with van der Waals surface area (Å²) in [6, 6.07) is 4.83. The van der Waals surface area contributed by atoms with Gasteiger partial charge in [-0.3, -0.25) is 0 Å². The van der Waals surface area contributed by atoms with Crippen LogP contribution in [0.3, 0.4) is 0 Å². The Balaban J connectivity index is 2.66. The van der Waals surface area contributed by atoms with Crippen molar-refractivity contribution in [2.45, 2.75) is 53.5 Å². The molecule has 0 spiro atoms. The molecular formula is C16H27NO. The van der Waals surface area contributed by atoms with Crippen molar-refractivity contribution in [3.8, 4) is 5.75 Å². The number of likely N-dealkylation sites (N-methyl/N-ethyl adjacent to an activating group) is 1. The quantitative estimate of drug-likeness (QED) is 0.794. The van der Waals surface area contributed by atoms with Gasteiger partial charge in [-0.25, -0.2) is 0 Å². The predicted octanol–water partition coefficient (Wildman–Crippen LogP) is 3.77. The lowest BCUT2D eigenvalue weighted by atomic mass is 10.1. The van der Waals surface area contributed by atoms with Crippen LogP contribution in [0.15, 0.2) is 12.1 Å². The lowest BCUT2D eigenvalue weighted by Crippen LogP contribution is -2.34. The zero-order chi connectivity index (χ0) is 13.5. The molecule has 0 aliphatic carbocycles. The number of aryl methyl sites for hydroxylation is 3. The summed E-state index contributed by atoms with van der Waals surface area (Å²) in [5.41, 5.74) is 3.77. The average Bonchev–Trinajstić information content (AvgIpc) is 2.28. The Morgan fingerprint density at radius 1 is 1.11 bits per heavy atom. The zero-order valence-corrected chi connectivity index (χ0v) is 12.5. The maximum absolute atomic E-state index is 6.03. The predicted molar refractivity (Wildman–Crippen MR) is 78.5 cm³/mol. The molecule has 0 fully saturated rings. The third-order valence-corrected chi connectivity index (χ3v) is 3.16. The first kappa shape index (κ1) is 15.0. The van der Waals surface area contributed by atoms with E-state index in [1.54, 1.807) is 0 Å². The summed E-state index contributed by atoms with van der Waals surface area (Å²) in [4.78, 5) is 0. The molecule has 0 aromatic heterocycles. The third-order valence-electron chi connectivity index (χ3n) is 3.16. The highest BCUT2D eigenvalue weighted by atomic mass is 16.5. The van der Waals surface area contributed by atoms with E-state index in [2.05, 4.69) is 52.1 Å². The van der Waals surface area contributed by atoms with Crippen LogP contribution in [0.2, 0.25) is 0 Å². The van der Waals surface area contributed by atoms with Crippen molar-refractivity contribution in [3.05, 3.63) is 28.8 Å². The molecule has 2 heteroatoms. The molecule has 1 atom stereocenters. The van der Waals surface area contributed by atoms with E-state index in [1.165, 1.54) is 23.1 Å². The second kappa shape index (κ2) is 7.42. The molecule has 1 aromatic carbocycles. The zero-order valence-electron chi connectivity index (χ0n) is 12.5. The Morgan fingerprint density at radius 2 is 1.72 bits per heavy atom. The average molecular weight is 249 g/mol. The van der Waals surface area contributed by atoms with Crippen LogP contribution in [0.5, 0.6) is 5.75 Å². The van der Waals surface area contributed by atoms with Crippen LogP contribution >= 0.6 is 0 Å². The van der Waals surface area contributed by atoms with E-state index in [0.29, 0.717) is 6.04 Å². The van der Waals surface area contributed by atoms with Gasteiger partial charge in [-0.2, -0.15) is 0 Å². The minimum absolute atomic E-state index is 0.458. The van der Waals surface area contributed by atoms with Crippen molar-refractivity contribution in [3.63, 3.8) is 0 Å². The number of hydrogen-bond donors (Lipinski definition) is 1. The van der Waals surface area contributed by atoms with Crippen LogP contribution in [0.4, 0.5) is 0 Å². The monoisotopic (exact) mass is 249 g/mol. The standard InChI is InChI=1S/C16H27NO/c1-6-8-15(17-7-2)11-18-16-13(4)9-12(3)10-14(16)5/h9-10,15,17H,6-8,11H2,1-5H3. The molecule has 18 heavy (non-hydrogen) atoms. The molecule has 0 saturated carbocycles. The lowest BCUT2D eigenvalue weighted by molar-refractivity contribution is 0.255. The Morgan fingerprint density at radius 3 is 2.22 bits per heavy atom. The van der Waals surface area contributed by atoms with Gasteiger partial charge in [0.25, 0.3) is 0 Å². The van der Waals surface area contributed by atoms with Crippen molar-refractivity contribution in [2.75, 3.05) is 13.2 Å². The Labute approximate surface area is 112 Å². The summed E-state index contributed by atoms with van der Waals surface area (Å²) < 4.78 is 6.03. The van der Waals surface area contributed by atoms with E-state index in [4.69, 9.17) is 4.74 Å². The fourth-order valence-corrected chi connectivity index (χ4v) is 2.46. The number of rotatable bonds is 7. The van der Waals surface area contributed by atoms with Gasteiger partial charge in [0.15, 0.2) is 0 Å². The van der Waals surface area contributed by atoms with E-state index in [0.717, 1.165) is 25.3 Å². The molecule has 0 aliphatic heterocycles. The van der Waals surface area contributed by atoms with Crippen molar-refractivity contribution in [1.82, 2.24) is 5.32 Å². The molecule has 1 rings (SSSR count). The first-order valence-corrected chi connectivity index (χ1v) is 7.02. The van der Waals surface area contributed by atoms with E-state index < -0.39 is 0 Å². The molecule has 0 bridgehead atoms. The Kier molecular flexibility index (Phi) is 6.20. The normalized spacial score (nSPS) is 12.5. The summed E-state index contributed by atoms with van der Waals surface area (Å²) in [6.07, 6.45) is 2.35. The first-order valence-electron chi connectivity index (χ1n) is 7.02. The van der Waals surface area contributed by atoms with Crippen LogP contribution in [0, 0.1) is 20.8 Å². The molecule has 1 N–H and O–H groups in total. The fraction of sp³-hybridized carbons (Fsp3) is 0.625. The van der Waals surface area contributed by atoms with Crippen LogP contribution in [0.1, 0.15) is 43.4 Å². The molecule has 2 nitrogen and oxygen atoms in total. The third kappa shape index (κ3) is 4.34. The van der Waals surface area contributed by atoms with E-state index in [9.17, 15) is 0 Å². The van der Waals surface area contributed by atoms with Crippen LogP contribution in [0.25, 0.3) is 0 Å². The molecule has 1 aromatic rings. The van der Waals surface area contributed by atoms with Crippen LogP contribution in [-0.2, 0) is 0 Å². The van der Waals surface area contributed by atoms with Crippen molar-refractivity contribution < 1.29 is 4.74 Å². The van der Waals surface area contributed by atoms with Crippen LogP contribution < -0.4 is 10.1 Å². The summed E-state index contributed by atoms with van der Waals surface area (Å²) in [5, 5.41) is 3.48. The number of benzene rings is 1. The number of nitrogens with one attached hydrogen (secondary N) is 1. The maximum Gasteiger partial charge on any atom is 0.125 e. The van der Waals surface area contributed by atoms with Gasteiger partial charge in [0.2, 0.25) is 0 Å². The van der Waals surface area contributed by atoms with Gasteiger partial charge in [-0.1, -0.05) is 38.0 Å². The summed E-state index contributed by atoms with van der Waals surface area (Å²) in [7, 11) is 0. The van der Waals surface area contributed by atoms with E-state index in [-0.39, 0.29) is 0 Å². The maximum atomic E-state index is 6.03. The molecule has 102 valence electrons. The van der Waals surface area contributed by atoms with Crippen molar-refractivity contribution >= 4 is 0 Å². The van der Waals surface area contributed by atoms with E-state index in [1.807, 2.05) is 0 Å². The first-order chi connectivity index (χ1) is 8.58. The largest absolute Gasteiger partial charge is 0.491 e.